The summed E-state index contributed by atoms with van der Waals surface area (Å²) in [6.07, 6.45) is 1.89. The molecule has 22 heavy (non-hydrogen) atoms. The quantitative estimate of drug-likeness (QED) is 0.682. The third kappa shape index (κ3) is 8.65. The second kappa shape index (κ2) is 6.80. The number of carbonyl (C=O) groups excluding carboxylic acids is 1. The van der Waals surface area contributed by atoms with Crippen LogP contribution in [0, 0.1) is 16.7 Å². The van der Waals surface area contributed by atoms with Crippen LogP contribution in [0.5, 0.6) is 0 Å². The van der Waals surface area contributed by atoms with Gasteiger partial charge in [-0.15, -0.1) is 0 Å². The van der Waals surface area contributed by atoms with E-state index in [9.17, 15) is 4.79 Å². The highest BCUT2D eigenvalue weighted by atomic mass is 16.2. The van der Waals surface area contributed by atoms with E-state index in [4.69, 9.17) is 0 Å². The summed E-state index contributed by atoms with van der Waals surface area (Å²) in [5.74, 6) is 0.578. The van der Waals surface area contributed by atoms with Crippen LogP contribution in [0.3, 0.4) is 0 Å². The summed E-state index contributed by atoms with van der Waals surface area (Å²) in [5.41, 5.74) is -0.0642. The van der Waals surface area contributed by atoms with Crippen LogP contribution < -0.4 is 10.6 Å². The van der Waals surface area contributed by atoms with Gasteiger partial charge in [-0.3, -0.25) is 0 Å². The van der Waals surface area contributed by atoms with Crippen molar-refractivity contribution in [3.63, 3.8) is 0 Å². The van der Waals surface area contributed by atoms with Crippen LogP contribution in [-0.2, 0) is 0 Å². The molecular formula is C19H40N2O. The molecule has 0 spiro atoms. The van der Waals surface area contributed by atoms with Gasteiger partial charge in [0, 0.05) is 11.1 Å². The van der Waals surface area contributed by atoms with E-state index >= 15 is 0 Å². The fourth-order valence-electron chi connectivity index (χ4n) is 3.40. The van der Waals surface area contributed by atoms with E-state index < -0.39 is 0 Å². The lowest BCUT2D eigenvalue weighted by Gasteiger charge is -2.39. The van der Waals surface area contributed by atoms with Gasteiger partial charge in [-0.1, -0.05) is 48.5 Å². The van der Waals surface area contributed by atoms with Crippen molar-refractivity contribution in [3.8, 4) is 0 Å². The smallest absolute Gasteiger partial charge is 0.315 e. The standard InChI is InChI=1S/C19H40N2O/c1-14(2)17(6,7)13-19(10,11)21-15(22)20-18(8,9)12-16(3,4)5/h14H,12-13H2,1-11H3,(H2,20,21,22). The first-order valence-corrected chi connectivity index (χ1v) is 8.56. The molecule has 0 bridgehead atoms. The Labute approximate surface area is 139 Å². The monoisotopic (exact) mass is 312 g/mol. The van der Waals surface area contributed by atoms with Crippen molar-refractivity contribution in [2.75, 3.05) is 0 Å². The highest BCUT2D eigenvalue weighted by Gasteiger charge is 2.33. The first kappa shape index (κ1) is 21.3. The van der Waals surface area contributed by atoms with E-state index in [0.717, 1.165) is 12.8 Å². The summed E-state index contributed by atoms with van der Waals surface area (Å²) < 4.78 is 0. The minimum atomic E-state index is -0.227. The average Bonchev–Trinajstić information content (AvgIpc) is 2.06. The molecule has 0 aliphatic carbocycles. The summed E-state index contributed by atoms with van der Waals surface area (Å²) in [7, 11) is 0. The third-order valence-electron chi connectivity index (χ3n) is 4.34. The molecule has 0 aromatic carbocycles. The lowest BCUT2D eigenvalue weighted by atomic mass is 9.72. The van der Waals surface area contributed by atoms with Crippen molar-refractivity contribution in [1.29, 1.82) is 0 Å². The molecule has 132 valence electrons. The first-order chi connectivity index (χ1) is 9.46. The van der Waals surface area contributed by atoms with Crippen molar-refractivity contribution >= 4 is 6.03 Å². The summed E-state index contributed by atoms with van der Waals surface area (Å²) in [4.78, 5) is 12.4. The fourth-order valence-corrected chi connectivity index (χ4v) is 3.40. The SMILES string of the molecule is CC(C)C(C)(C)CC(C)(C)NC(=O)NC(C)(C)CC(C)(C)C. The second-order valence-electron chi connectivity index (χ2n) is 10.4. The Hall–Kier alpha value is -0.730. The van der Waals surface area contributed by atoms with Crippen molar-refractivity contribution in [2.45, 2.75) is 100 Å². The molecule has 0 fully saturated rings. The Morgan fingerprint density at radius 2 is 1.14 bits per heavy atom. The normalized spacial score (nSPS) is 14.2. The second-order valence-corrected chi connectivity index (χ2v) is 10.4. The van der Waals surface area contributed by atoms with Gasteiger partial charge in [0.2, 0.25) is 0 Å². The molecule has 0 unspecified atom stereocenters. The third-order valence-corrected chi connectivity index (χ3v) is 4.34. The van der Waals surface area contributed by atoms with Crippen LogP contribution in [0.25, 0.3) is 0 Å². The van der Waals surface area contributed by atoms with Crippen LogP contribution >= 0.6 is 0 Å². The predicted molar refractivity (Wildman–Crippen MR) is 97.1 cm³/mol. The largest absolute Gasteiger partial charge is 0.333 e. The van der Waals surface area contributed by atoms with Crippen LogP contribution in [0.1, 0.15) is 89.0 Å². The fraction of sp³-hybridized carbons (Fsp3) is 0.947. The van der Waals surface area contributed by atoms with Gasteiger partial charge in [0.1, 0.15) is 0 Å². The minimum Gasteiger partial charge on any atom is -0.333 e. The van der Waals surface area contributed by atoms with Gasteiger partial charge in [-0.2, -0.15) is 0 Å². The van der Waals surface area contributed by atoms with Crippen molar-refractivity contribution < 1.29 is 4.79 Å². The molecule has 3 heteroatoms. The Bertz CT molecular complexity index is 373. The molecule has 0 aromatic rings. The molecule has 2 N–H and O–H groups in total. The van der Waals surface area contributed by atoms with E-state index in [0.29, 0.717) is 5.92 Å². The molecule has 0 saturated carbocycles. The minimum absolute atomic E-state index is 0.0705. The lowest BCUT2D eigenvalue weighted by molar-refractivity contribution is 0.157. The van der Waals surface area contributed by atoms with Gasteiger partial charge in [-0.05, 0) is 57.3 Å². The highest BCUT2D eigenvalue weighted by molar-refractivity contribution is 5.75. The number of carbonyl (C=O) groups is 1. The van der Waals surface area contributed by atoms with Gasteiger partial charge >= 0.3 is 6.03 Å². The van der Waals surface area contributed by atoms with E-state index in [1.54, 1.807) is 0 Å². The lowest BCUT2D eigenvalue weighted by Crippen LogP contribution is -2.56. The van der Waals surface area contributed by atoms with E-state index in [-0.39, 0.29) is 27.9 Å². The maximum absolute atomic E-state index is 12.4. The van der Waals surface area contributed by atoms with Crippen molar-refractivity contribution in [2.24, 2.45) is 16.7 Å². The van der Waals surface area contributed by atoms with Crippen molar-refractivity contribution in [1.82, 2.24) is 10.6 Å². The maximum atomic E-state index is 12.4. The molecule has 0 aromatic heterocycles. The van der Waals surface area contributed by atoms with Crippen LogP contribution in [-0.4, -0.2) is 17.1 Å². The molecule has 0 heterocycles. The molecule has 0 aliphatic heterocycles. The molecular weight excluding hydrogens is 272 g/mol. The Balaban J connectivity index is 4.71. The zero-order valence-electron chi connectivity index (χ0n) is 16.9. The number of urea groups is 1. The topological polar surface area (TPSA) is 41.1 Å². The van der Waals surface area contributed by atoms with Gasteiger partial charge in [-0.25, -0.2) is 4.79 Å². The number of hydrogen-bond donors (Lipinski definition) is 2. The zero-order chi connectivity index (χ0) is 18.0. The molecule has 3 nitrogen and oxygen atoms in total. The summed E-state index contributed by atoms with van der Waals surface area (Å²) in [5, 5.41) is 6.29. The van der Waals surface area contributed by atoms with Gasteiger partial charge in [0.05, 0.1) is 0 Å². The number of hydrogen-bond acceptors (Lipinski definition) is 1. The van der Waals surface area contributed by atoms with E-state index in [2.05, 4.69) is 86.8 Å². The van der Waals surface area contributed by atoms with E-state index in [1.807, 2.05) is 0 Å². The summed E-state index contributed by atoms with van der Waals surface area (Å²) in [6, 6.07) is -0.0705. The summed E-state index contributed by atoms with van der Waals surface area (Å²) in [6.45, 7) is 24.0. The highest BCUT2D eigenvalue weighted by Crippen LogP contribution is 2.35. The van der Waals surface area contributed by atoms with Gasteiger partial charge in [0.25, 0.3) is 0 Å². The molecule has 2 amide bonds. The Morgan fingerprint density at radius 1 is 0.773 bits per heavy atom. The molecule has 0 radical (unpaired) electrons. The maximum Gasteiger partial charge on any atom is 0.315 e. The molecule has 0 rings (SSSR count). The molecule has 0 atom stereocenters. The predicted octanol–water partition coefficient (Wildman–Crippen LogP) is 5.35. The van der Waals surface area contributed by atoms with Crippen LogP contribution in [0.4, 0.5) is 4.79 Å². The van der Waals surface area contributed by atoms with Crippen LogP contribution in [0.2, 0.25) is 0 Å². The zero-order valence-corrected chi connectivity index (χ0v) is 16.9. The van der Waals surface area contributed by atoms with Gasteiger partial charge in [0.15, 0.2) is 0 Å². The average molecular weight is 313 g/mol. The van der Waals surface area contributed by atoms with Gasteiger partial charge < -0.3 is 10.6 Å². The summed E-state index contributed by atoms with van der Waals surface area (Å²) >= 11 is 0. The number of amides is 2. The van der Waals surface area contributed by atoms with E-state index in [1.165, 1.54) is 0 Å². The van der Waals surface area contributed by atoms with Crippen molar-refractivity contribution in [3.05, 3.63) is 0 Å². The number of nitrogens with one attached hydrogen (secondary N) is 2. The molecule has 0 saturated heterocycles. The Morgan fingerprint density at radius 3 is 1.45 bits per heavy atom. The van der Waals surface area contributed by atoms with Crippen LogP contribution in [0.15, 0.2) is 0 Å². The number of rotatable bonds is 6. The first-order valence-electron chi connectivity index (χ1n) is 8.56. The Kier molecular flexibility index (Phi) is 6.57. The molecule has 0 aliphatic rings.